The van der Waals surface area contributed by atoms with Crippen molar-refractivity contribution in [2.24, 2.45) is 0 Å². The average molecular weight is 279 g/mol. The van der Waals surface area contributed by atoms with Gasteiger partial charge < -0.3 is 0 Å². The van der Waals surface area contributed by atoms with Crippen molar-refractivity contribution in [3.8, 4) is 10.6 Å². The molecule has 2 aromatic carbocycles. The Kier molecular flexibility index (Phi) is 3.66. The normalized spacial score (nSPS) is 10.8. The SMILES string of the molecule is C=CCc1cc(-c2nc3ccccc3s2)ccc1CC. The van der Waals surface area contributed by atoms with Gasteiger partial charge in [0.1, 0.15) is 5.01 Å². The van der Waals surface area contributed by atoms with Gasteiger partial charge in [0.15, 0.2) is 0 Å². The number of allylic oxidation sites excluding steroid dienone is 1. The van der Waals surface area contributed by atoms with E-state index in [0.29, 0.717) is 0 Å². The van der Waals surface area contributed by atoms with E-state index in [0.717, 1.165) is 23.4 Å². The van der Waals surface area contributed by atoms with Crippen LogP contribution in [-0.2, 0) is 12.8 Å². The molecule has 0 aliphatic rings. The van der Waals surface area contributed by atoms with Crippen LogP contribution in [0, 0.1) is 0 Å². The van der Waals surface area contributed by atoms with E-state index < -0.39 is 0 Å². The molecule has 20 heavy (non-hydrogen) atoms. The summed E-state index contributed by atoms with van der Waals surface area (Å²) in [5.74, 6) is 0. The predicted octanol–water partition coefficient (Wildman–Crippen LogP) is 5.25. The molecule has 1 nitrogen and oxygen atoms in total. The first-order chi connectivity index (χ1) is 9.81. The molecule has 0 saturated carbocycles. The van der Waals surface area contributed by atoms with Gasteiger partial charge in [0, 0.05) is 5.56 Å². The van der Waals surface area contributed by atoms with Gasteiger partial charge in [-0.25, -0.2) is 4.98 Å². The highest BCUT2D eigenvalue weighted by atomic mass is 32.1. The van der Waals surface area contributed by atoms with Crippen molar-refractivity contribution in [3.63, 3.8) is 0 Å². The van der Waals surface area contributed by atoms with Gasteiger partial charge in [-0.1, -0.05) is 37.3 Å². The molecular weight excluding hydrogens is 262 g/mol. The molecule has 100 valence electrons. The van der Waals surface area contributed by atoms with Gasteiger partial charge in [0.05, 0.1) is 10.2 Å². The van der Waals surface area contributed by atoms with Crippen molar-refractivity contribution in [1.29, 1.82) is 0 Å². The Labute approximate surface area is 123 Å². The first kappa shape index (κ1) is 13.1. The Morgan fingerprint density at radius 2 is 2.00 bits per heavy atom. The van der Waals surface area contributed by atoms with E-state index in [-0.39, 0.29) is 0 Å². The number of fused-ring (bicyclic) bond motifs is 1. The summed E-state index contributed by atoms with van der Waals surface area (Å²) in [5.41, 5.74) is 5.05. The molecule has 1 heterocycles. The standard InChI is InChI=1S/C18H17NS/c1-3-7-14-12-15(11-10-13(14)4-2)18-19-16-8-5-6-9-17(16)20-18/h3,5-6,8-12H,1,4,7H2,2H3. The summed E-state index contributed by atoms with van der Waals surface area (Å²) in [6, 6.07) is 15.0. The molecule has 0 aliphatic heterocycles. The molecule has 3 rings (SSSR count). The Morgan fingerprint density at radius 1 is 1.15 bits per heavy atom. The zero-order valence-corrected chi connectivity index (χ0v) is 12.4. The lowest BCUT2D eigenvalue weighted by Gasteiger charge is -2.07. The summed E-state index contributed by atoms with van der Waals surface area (Å²) in [6.07, 6.45) is 3.95. The molecule has 0 atom stereocenters. The van der Waals surface area contributed by atoms with Gasteiger partial charge >= 0.3 is 0 Å². The van der Waals surface area contributed by atoms with Crippen LogP contribution in [0.4, 0.5) is 0 Å². The minimum atomic E-state index is 0.919. The average Bonchev–Trinajstić information content (AvgIpc) is 2.91. The molecule has 3 aromatic rings. The second kappa shape index (κ2) is 5.59. The Bertz CT molecular complexity index is 722. The van der Waals surface area contributed by atoms with Crippen LogP contribution in [0.15, 0.2) is 55.1 Å². The summed E-state index contributed by atoms with van der Waals surface area (Å²) in [7, 11) is 0. The smallest absolute Gasteiger partial charge is 0.124 e. The van der Waals surface area contributed by atoms with Crippen molar-refractivity contribution < 1.29 is 0 Å². The molecule has 0 aliphatic carbocycles. The van der Waals surface area contributed by atoms with Crippen LogP contribution in [0.3, 0.4) is 0 Å². The Morgan fingerprint density at radius 3 is 2.75 bits per heavy atom. The first-order valence-corrected chi connectivity index (χ1v) is 7.72. The van der Waals surface area contributed by atoms with E-state index in [1.54, 1.807) is 11.3 Å². The summed E-state index contributed by atoms with van der Waals surface area (Å²) in [6.45, 7) is 6.05. The van der Waals surface area contributed by atoms with E-state index in [9.17, 15) is 0 Å². The molecule has 0 spiro atoms. The number of para-hydroxylation sites is 1. The van der Waals surface area contributed by atoms with Gasteiger partial charge in [0.2, 0.25) is 0 Å². The highest BCUT2D eigenvalue weighted by molar-refractivity contribution is 7.21. The quantitative estimate of drug-likeness (QED) is 0.594. The van der Waals surface area contributed by atoms with Crippen molar-refractivity contribution >= 4 is 21.6 Å². The number of nitrogens with zero attached hydrogens (tertiary/aromatic N) is 1. The number of hydrogen-bond acceptors (Lipinski definition) is 2. The van der Waals surface area contributed by atoms with Crippen LogP contribution in [-0.4, -0.2) is 4.98 Å². The number of benzene rings is 2. The van der Waals surface area contributed by atoms with Gasteiger partial charge in [-0.2, -0.15) is 0 Å². The molecule has 1 aromatic heterocycles. The minimum absolute atomic E-state index is 0.919. The highest BCUT2D eigenvalue weighted by Gasteiger charge is 2.08. The summed E-state index contributed by atoms with van der Waals surface area (Å²) in [4.78, 5) is 4.73. The predicted molar refractivity (Wildman–Crippen MR) is 88.3 cm³/mol. The molecule has 0 amide bonds. The van der Waals surface area contributed by atoms with Crippen LogP contribution in [0.5, 0.6) is 0 Å². The van der Waals surface area contributed by atoms with E-state index >= 15 is 0 Å². The van der Waals surface area contributed by atoms with Crippen LogP contribution in [0.2, 0.25) is 0 Å². The molecule has 0 fully saturated rings. The van der Waals surface area contributed by atoms with Gasteiger partial charge in [0.25, 0.3) is 0 Å². The topological polar surface area (TPSA) is 12.9 Å². The highest BCUT2D eigenvalue weighted by Crippen LogP contribution is 2.31. The molecule has 2 heteroatoms. The van der Waals surface area contributed by atoms with E-state index in [2.05, 4.69) is 49.9 Å². The maximum absolute atomic E-state index is 4.73. The third-order valence-electron chi connectivity index (χ3n) is 3.49. The maximum Gasteiger partial charge on any atom is 0.124 e. The fourth-order valence-corrected chi connectivity index (χ4v) is 3.41. The molecule has 0 saturated heterocycles. The lowest BCUT2D eigenvalue weighted by Crippen LogP contribution is -1.92. The maximum atomic E-state index is 4.73. The van der Waals surface area contributed by atoms with Crippen molar-refractivity contribution in [2.45, 2.75) is 19.8 Å². The first-order valence-electron chi connectivity index (χ1n) is 6.90. The van der Waals surface area contributed by atoms with Gasteiger partial charge in [-0.15, -0.1) is 17.9 Å². The van der Waals surface area contributed by atoms with Crippen molar-refractivity contribution in [2.75, 3.05) is 0 Å². The number of aromatic nitrogens is 1. The molecular formula is C18H17NS. The molecule has 0 radical (unpaired) electrons. The van der Waals surface area contributed by atoms with Crippen LogP contribution < -0.4 is 0 Å². The van der Waals surface area contributed by atoms with Gasteiger partial charge in [-0.3, -0.25) is 0 Å². The molecule has 0 bridgehead atoms. The summed E-state index contributed by atoms with van der Waals surface area (Å²) < 4.78 is 1.24. The van der Waals surface area contributed by atoms with E-state index in [1.807, 2.05) is 12.1 Å². The number of hydrogen-bond donors (Lipinski definition) is 0. The minimum Gasteiger partial charge on any atom is -0.236 e. The second-order valence-electron chi connectivity index (χ2n) is 4.82. The fourth-order valence-electron chi connectivity index (χ4n) is 2.45. The van der Waals surface area contributed by atoms with E-state index in [1.165, 1.54) is 21.4 Å². The zero-order chi connectivity index (χ0) is 13.9. The van der Waals surface area contributed by atoms with Crippen LogP contribution in [0.1, 0.15) is 18.1 Å². The lowest BCUT2D eigenvalue weighted by atomic mass is 10.00. The van der Waals surface area contributed by atoms with Crippen LogP contribution >= 0.6 is 11.3 Å². The largest absolute Gasteiger partial charge is 0.236 e. The lowest BCUT2D eigenvalue weighted by molar-refractivity contribution is 1.08. The third kappa shape index (κ3) is 2.39. The molecule has 0 unspecified atom stereocenters. The number of aryl methyl sites for hydroxylation is 1. The molecule has 0 N–H and O–H groups in total. The summed E-state index contributed by atoms with van der Waals surface area (Å²) >= 11 is 1.75. The van der Waals surface area contributed by atoms with Gasteiger partial charge in [-0.05, 0) is 42.2 Å². The second-order valence-corrected chi connectivity index (χ2v) is 5.85. The number of rotatable bonds is 4. The van der Waals surface area contributed by atoms with Crippen molar-refractivity contribution in [1.82, 2.24) is 4.98 Å². The van der Waals surface area contributed by atoms with Crippen LogP contribution in [0.25, 0.3) is 20.8 Å². The Balaban J connectivity index is 2.08. The third-order valence-corrected chi connectivity index (χ3v) is 4.58. The zero-order valence-electron chi connectivity index (χ0n) is 11.6. The monoisotopic (exact) mass is 279 g/mol. The fraction of sp³-hybridized carbons (Fsp3) is 0.167. The Hall–Kier alpha value is -1.93. The van der Waals surface area contributed by atoms with Crippen molar-refractivity contribution in [3.05, 3.63) is 66.2 Å². The van der Waals surface area contributed by atoms with E-state index in [4.69, 9.17) is 4.98 Å². The number of thiazole rings is 1. The summed E-state index contributed by atoms with van der Waals surface area (Å²) in [5, 5.41) is 1.10.